The molecule has 0 bridgehead atoms. The third kappa shape index (κ3) is 4.22. The largest absolute Gasteiger partial charge is 0.479 e. The van der Waals surface area contributed by atoms with Crippen molar-refractivity contribution in [3.8, 4) is 0 Å². The first-order valence-corrected chi connectivity index (χ1v) is 9.72. The van der Waals surface area contributed by atoms with Crippen molar-refractivity contribution in [2.75, 3.05) is 12.3 Å². The number of carbonyl (C=O) groups excluding carboxylic acids is 2. The maximum absolute atomic E-state index is 12.8. The summed E-state index contributed by atoms with van der Waals surface area (Å²) in [6.45, 7) is 3.44. The predicted octanol–water partition coefficient (Wildman–Crippen LogP) is 3.43. The number of thioether (sulfide) groups is 1. The topological polar surface area (TPSA) is 74.7 Å². The summed E-state index contributed by atoms with van der Waals surface area (Å²) in [5.41, 5.74) is 1.74. The van der Waals surface area contributed by atoms with Crippen LogP contribution in [-0.2, 0) is 14.4 Å². The number of carboxylic acid groups (broad SMARTS) is 1. The highest BCUT2D eigenvalue weighted by molar-refractivity contribution is 8.13. The molecule has 1 N–H and O–H groups in total. The van der Waals surface area contributed by atoms with Crippen LogP contribution in [0.4, 0.5) is 0 Å². The Morgan fingerprint density at radius 3 is 2.56 bits per heavy atom. The van der Waals surface area contributed by atoms with Crippen LogP contribution in [0.15, 0.2) is 48.5 Å². The van der Waals surface area contributed by atoms with Gasteiger partial charge in [-0.1, -0.05) is 55.1 Å². The SMILES string of the molecule is CC(=O)SC[C@@H](C)C(=O)N1CC(c2ccc3ccccc3c2)=CC1C(=O)O. The van der Waals surface area contributed by atoms with Gasteiger partial charge in [0, 0.05) is 25.1 Å². The molecule has 0 radical (unpaired) electrons. The van der Waals surface area contributed by atoms with Crippen LogP contribution >= 0.6 is 11.8 Å². The minimum Gasteiger partial charge on any atom is -0.479 e. The number of hydrogen-bond donors (Lipinski definition) is 1. The Morgan fingerprint density at radius 2 is 1.89 bits per heavy atom. The van der Waals surface area contributed by atoms with E-state index in [4.69, 9.17) is 0 Å². The van der Waals surface area contributed by atoms with E-state index >= 15 is 0 Å². The molecule has 0 saturated carbocycles. The standard InChI is InChI=1S/C21H21NO4S/c1-13(12-27-14(2)23)20(24)22-11-18(10-19(22)21(25)26)17-8-7-15-5-3-4-6-16(15)9-17/h3-10,13,19H,11-12H2,1-2H3,(H,25,26)/t13-,19?/m1/s1. The summed E-state index contributed by atoms with van der Waals surface area (Å²) in [7, 11) is 0. The van der Waals surface area contributed by atoms with Crippen molar-refractivity contribution in [1.82, 2.24) is 4.90 Å². The highest BCUT2D eigenvalue weighted by Gasteiger charge is 2.36. The van der Waals surface area contributed by atoms with Gasteiger partial charge in [-0.2, -0.15) is 0 Å². The predicted molar refractivity (Wildman–Crippen MR) is 107 cm³/mol. The molecule has 1 aliphatic heterocycles. The smallest absolute Gasteiger partial charge is 0.330 e. The van der Waals surface area contributed by atoms with E-state index in [2.05, 4.69) is 0 Å². The molecule has 27 heavy (non-hydrogen) atoms. The summed E-state index contributed by atoms with van der Waals surface area (Å²) in [4.78, 5) is 37.0. The first-order chi connectivity index (χ1) is 12.9. The number of aliphatic carboxylic acids is 1. The van der Waals surface area contributed by atoms with E-state index in [0.29, 0.717) is 5.75 Å². The molecule has 1 unspecified atom stereocenters. The molecular weight excluding hydrogens is 362 g/mol. The van der Waals surface area contributed by atoms with Crippen LogP contribution in [0.1, 0.15) is 19.4 Å². The Labute approximate surface area is 162 Å². The number of amides is 1. The molecule has 0 aliphatic carbocycles. The summed E-state index contributed by atoms with van der Waals surface area (Å²) < 4.78 is 0. The lowest BCUT2D eigenvalue weighted by Gasteiger charge is -2.25. The minimum absolute atomic E-state index is 0.0548. The summed E-state index contributed by atoms with van der Waals surface area (Å²) in [6, 6.07) is 12.9. The molecule has 2 aromatic rings. The average molecular weight is 383 g/mol. The molecule has 0 spiro atoms. The molecule has 3 rings (SSSR count). The van der Waals surface area contributed by atoms with Gasteiger partial charge in [-0.25, -0.2) is 4.79 Å². The average Bonchev–Trinajstić information content (AvgIpc) is 3.10. The first-order valence-electron chi connectivity index (χ1n) is 8.73. The van der Waals surface area contributed by atoms with Gasteiger partial charge in [0.05, 0.1) is 0 Å². The van der Waals surface area contributed by atoms with Gasteiger partial charge in [0.25, 0.3) is 0 Å². The van der Waals surface area contributed by atoms with Gasteiger partial charge in [0.15, 0.2) is 5.12 Å². The van der Waals surface area contributed by atoms with E-state index < -0.39 is 17.9 Å². The van der Waals surface area contributed by atoms with Gasteiger partial charge >= 0.3 is 5.97 Å². The van der Waals surface area contributed by atoms with Crippen LogP contribution < -0.4 is 0 Å². The molecule has 0 saturated heterocycles. The van der Waals surface area contributed by atoms with Crippen LogP contribution in [0, 0.1) is 5.92 Å². The summed E-state index contributed by atoms with van der Waals surface area (Å²) >= 11 is 1.08. The van der Waals surface area contributed by atoms with Gasteiger partial charge < -0.3 is 10.0 Å². The quantitative estimate of drug-likeness (QED) is 0.856. The van der Waals surface area contributed by atoms with E-state index in [1.807, 2.05) is 42.5 Å². The minimum atomic E-state index is -1.05. The fourth-order valence-corrected chi connectivity index (χ4v) is 3.84. The normalized spacial score (nSPS) is 17.6. The molecule has 0 fully saturated rings. The molecule has 2 atom stereocenters. The van der Waals surface area contributed by atoms with Crippen molar-refractivity contribution >= 4 is 45.1 Å². The molecular formula is C21H21NO4S. The molecule has 5 nitrogen and oxygen atoms in total. The number of fused-ring (bicyclic) bond motifs is 1. The van der Waals surface area contributed by atoms with Crippen molar-refractivity contribution < 1.29 is 19.5 Å². The highest BCUT2D eigenvalue weighted by atomic mass is 32.2. The fraction of sp³-hybridized carbons (Fsp3) is 0.286. The Balaban J connectivity index is 1.83. The second-order valence-corrected chi connectivity index (χ2v) is 7.90. The molecule has 1 amide bonds. The monoisotopic (exact) mass is 383 g/mol. The molecule has 6 heteroatoms. The third-order valence-corrected chi connectivity index (χ3v) is 5.72. The van der Waals surface area contributed by atoms with E-state index in [1.165, 1.54) is 11.8 Å². The summed E-state index contributed by atoms with van der Waals surface area (Å²) in [5.74, 6) is -1.37. The lowest BCUT2D eigenvalue weighted by Crippen LogP contribution is -2.44. The second kappa shape index (κ2) is 7.96. The molecule has 1 heterocycles. The molecule has 2 aromatic carbocycles. The van der Waals surface area contributed by atoms with Crippen LogP contribution in [0.5, 0.6) is 0 Å². The van der Waals surface area contributed by atoms with Gasteiger partial charge in [0.2, 0.25) is 5.91 Å². The van der Waals surface area contributed by atoms with Gasteiger partial charge in [-0.3, -0.25) is 9.59 Å². The lowest BCUT2D eigenvalue weighted by molar-refractivity contribution is -0.148. The Bertz CT molecular complexity index is 937. The number of rotatable bonds is 5. The zero-order valence-electron chi connectivity index (χ0n) is 15.2. The van der Waals surface area contributed by atoms with Crippen LogP contribution in [0.2, 0.25) is 0 Å². The number of carbonyl (C=O) groups is 3. The second-order valence-electron chi connectivity index (χ2n) is 6.71. The lowest BCUT2D eigenvalue weighted by atomic mass is 10.0. The highest BCUT2D eigenvalue weighted by Crippen LogP contribution is 2.29. The molecule has 1 aliphatic rings. The van der Waals surface area contributed by atoms with E-state index in [9.17, 15) is 19.5 Å². The van der Waals surface area contributed by atoms with Gasteiger partial charge in [0.1, 0.15) is 6.04 Å². The van der Waals surface area contributed by atoms with Crippen molar-refractivity contribution in [3.05, 3.63) is 54.1 Å². The zero-order chi connectivity index (χ0) is 19.6. The number of benzene rings is 2. The van der Waals surface area contributed by atoms with Crippen molar-refractivity contribution in [2.45, 2.75) is 19.9 Å². The van der Waals surface area contributed by atoms with Crippen LogP contribution in [0.3, 0.4) is 0 Å². The Kier molecular flexibility index (Phi) is 5.65. The van der Waals surface area contributed by atoms with Gasteiger partial charge in [-0.05, 0) is 34.1 Å². The number of hydrogen-bond acceptors (Lipinski definition) is 4. The van der Waals surface area contributed by atoms with Crippen molar-refractivity contribution in [3.63, 3.8) is 0 Å². The maximum atomic E-state index is 12.8. The number of nitrogens with zero attached hydrogens (tertiary/aromatic N) is 1. The van der Waals surface area contributed by atoms with Crippen molar-refractivity contribution in [2.24, 2.45) is 5.92 Å². The van der Waals surface area contributed by atoms with Crippen LogP contribution in [0.25, 0.3) is 16.3 Å². The van der Waals surface area contributed by atoms with E-state index in [1.54, 1.807) is 13.0 Å². The summed E-state index contributed by atoms with van der Waals surface area (Å²) in [6.07, 6.45) is 1.65. The molecule has 0 aromatic heterocycles. The fourth-order valence-electron chi connectivity index (χ4n) is 3.21. The van der Waals surface area contributed by atoms with Gasteiger partial charge in [-0.15, -0.1) is 0 Å². The maximum Gasteiger partial charge on any atom is 0.330 e. The van der Waals surface area contributed by atoms with E-state index in [0.717, 1.165) is 33.7 Å². The van der Waals surface area contributed by atoms with E-state index in [-0.39, 0.29) is 17.6 Å². The Hall–Kier alpha value is -2.60. The number of carboxylic acids is 1. The Morgan fingerprint density at radius 1 is 1.19 bits per heavy atom. The van der Waals surface area contributed by atoms with Crippen LogP contribution in [-0.4, -0.2) is 45.3 Å². The zero-order valence-corrected chi connectivity index (χ0v) is 16.0. The van der Waals surface area contributed by atoms with Crippen molar-refractivity contribution in [1.29, 1.82) is 0 Å². The third-order valence-electron chi connectivity index (χ3n) is 4.65. The summed E-state index contributed by atoms with van der Waals surface area (Å²) in [5, 5.41) is 11.7. The molecule has 140 valence electrons. The first kappa shape index (κ1) is 19.2.